The molecule has 19 heavy (non-hydrogen) atoms. The number of carbonyl (C=O) groups excluding carboxylic acids is 1. The van der Waals surface area contributed by atoms with Gasteiger partial charge in [0.25, 0.3) is 11.6 Å². The number of carbonyl (C=O) groups is 1. The van der Waals surface area contributed by atoms with Crippen molar-refractivity contribution in [2.24, 2.45) is 5.92 Å². The summed E-state index contributed by atoms with van der Waals surface area (Å²) in [6, 6.07) is 4.24. The van der Waals surface area contributed by atoms with Crippen LogP contribution in [0.3, 0.4) is 0 Å². The number of hydrogen-bond donors (Lipinski definition) is 2. The largest absolute Gasteiger partial charge is 0.393 e. The number of nitro benzene ring substituents is 1. The second kappa shape index (κ2) is 5.26. The molecule has 1 fully saturated rings. The van der Waals surface area contributed by atoms with E-state index < -0.39 is 4.92 Å². The molecule has 0 heterocycles. The number of nitrogens with one attached hydrogen (secondary N) is 1. The summed E-state index contributed by atoms with van der Waals surface area (Å²) >= 11 is 0. The highest BCUT2D eigenvalue weighted by molar-refractivity contribution is 5.95. The van der Waals surface area contributed by atoms with Gasteiger partial charge in [-0.05, 0) is 37.3 Å². The summed E-state index contributed by atoms with van der Waals surface area (Å²) in [6.45, 7) is 2.16. The van der Waals surface area contributed by atoms with E-state index in [-0.39, 0.29) is 23.3 Å². The molecule has 0 radical (unpaired) electrons. The molecule has 1 saturated carbocycles. The van der Waals surface area contributed by atoms with Crippen molar-refractivity contribution in [3.8, 4) is 0 Å². The highest BCUT2D eigenvalue weighted by atomic mass is 16.6. The monoisotopic (exact) mass is 263 g/mol. The zero-order valence-corrected chi connectivity index (χ0v) is 10.8. The van der Waals surface area contributed by atoms with Gasteiger partial charge in [0.05, 0.1) is 4.92 Å². The highest BCUT2D eigenvalue weighted by Gasteiger charge is 2.23. The maximum Gasteiger partial charge on any atom is 0.292 e. The van der Waals surface area contributed by atoms with Gasteiger partial charge in [-0.3, -0.25) is 14.9 Å². The minimum Gasteiger partial charge on any atom is -0.393 e. The first-order valence-electron chi connectivity index (χ1n) is 6.32. The first kappa shape index (κ1) is 13.3. The van der Waals surface area contributed by atoms with Crippen molar-refractivity contribution in [1.82, 2.24) is 5.32 Å². The second-order valence-corrected chi connectivity index (χ2v) is 5.12. The predicted molar refractivity (Wildman–Crippen MR) is 71.8 cm³/mol. The molecule has 1 aromatic carbocycles. The molecule has 2 atom stereocenters. The van der Waals surface area contributed by atoms with Crippen molar-refractivity contribution in [2.45, 2.75) is 32.2 Å². The molecule has 1 amide bonds. The van der Waals surface area contributed by atoms with Crippen LogP contribution in [-0.4, -0.2) is 16.9 Å². The van der Waals surface area contributed by atoms with Crippen LogP contribution in [0, 0.1) is 16.0 Å². The number of nitrogens with two attached hydrogens (primary N) is 1. The Balaban J connectivity index is 2.07. The number of nitro groups is 1. The van der Waals surface area contributed by atoms with E-state index in [9.17, 15) is 14.9 Å². The van der Waals surface area contributed by atoms with Crippen LogP contribution in [0.1, 0.15) is 36.5 Å². The zero-order chi connectivity index (χ0) is 14.0. The number of anilines is 1. The van der Waals surface area contributed by atoms with E-state index in [4.69, 9.17) is 5.73 Å². The van der Waals surface area contributed by atoms with Crippen LogP contribution in [0.25, 0.3) is 0 Å². The van der Waals surface area contributed by atoms with E-state index in [1.807, 2.05) is 0 Å². The van der Waals surface area contributed by atoms with E-state index in [0.29, 0.717) is 11.5 Å². The van der Waals surface area contributed by atoms with Crippen molar-refractivity contribution in [2.75, 3.05) is 5.73 Å². The number of hydrogen-bond acceptors (Lipinski definition) is 4. The summed E-state index contributed by atoms with van der Waals surface area (Å²) < 4.78 is 0. The molecule has 0 aliphatic heterocycles. The Morgan fingerprint density at radius 1 is 1.47 bits per heavy atom. The number of amides is 1. The highest BCUT2D eigenvalue weighted by Crippen LogP contribution is 2.26. The number of nitrogen functional groups attached to an aromatic ring is 1. The fourth-order valence-corrected chi connectivity index (χ4v) is 2.47. The second-order valence-electron chi connectivity index (χ2n) is 5.12. The molecule has 2 unspecified atom stereocenters. The molecule has 0 saturated heterocycles. The molecule has 6 nitrogen and oxygen atoms in total. The predicted octanol–water partition coefficient (Wildman–Crippen LogP) is 2.10. The quantitative estimate of drug-likeness (QED) is 0.495. The molecule has 0 aromatic heterocycles. The number of nitrogens with zero attached hydrogens (tertiary/aromatic N) is 1. The Morgan fingerprint density at radius 3 is 2.74 bits per heavy atom. The molecule has 0 bridgehead atoms. The van der Waals surface area contributed by atoms with Gasteiger partial charge >= 0.3 is 0 Å². The maximum absolute atomic E-state index is 12.0. The smallest absolute Gasteiger partial charge is 0.292 e. The van der Waals surface area contributed by atoms with Crippen molar-refractivity contribution < 1.29 is 9.72 Å². The maximum atomic E-state index is 12.0. The molecule has 3 N–H and O–H groups in total. The third-order valence-corrected chi connectivity index (χ3v) is 3.52. The van der Waals surface area contributed by atoms with Gasteiger partial charge in [-0.2, -0.15) is 0 Å². The van der Waals surface area contributed by atoms with Gasteiger partial charge < -0.3 is 11.1 Å². The van der Waals surface area contributed by atoms with Crippen LogP contribution in [-0.2, 0) is 0 Å². The number of benzene rings is 1. The molecule has 0 spiro atoms. The fraction of sp³-hybridized carbons (Fsp3) is 0.462. The molecule has 1 aliphatic rings. The minimum atomic E-state index is -0.560. The lowest BCUT2D eigenvalue weighted by Gasteiger charge is -2.12. The molecular weight excluding hydrogens is 246 g/mol. The van der Waals surface area contributed by atoms with Crippen molar-refractivity contribution in [1.29, 1.82) is 0 Å². The van der Waals surface area contributed by atoms with Gasteiger partial charge in [0.15, 0.2) is 0 Å². The van der Waals surface area contributed by atoms with Gasteiger partial charge in [-0.25, -0.2) is 0 Å². The Labute approximate surface area is 111 Å². The van der Waals surface area contributed by atoms with Crippen LogP contribution in [0.15, 0.2) is 18.2 Å². The van der Waals surface area contributed by atoms with Gasteiger partial charge in [-0.15, -0.1) is 0 Å². The third kappa shape index (κ3) is 3.01. The van der Waals surface area contributed by atoms with Crippen LogP contribution in [0.4, 0.5) is 11.4 Å². The molecule has 2 rings (SSSR count). The third-order valence-electron chi connectivity index (χ3n) is 3.52. The van der Waals surface area contributed by atoms with Gasteiger partial charge in [0, 0.05) is 17.7 Å². The summed E-state index contributed by atoms with van der Waals surface area (Å²) in [6.07, 6.45) is 3.08. The van der Waals surface area contributed by atoms with E-state index in [1.165, 1.54) is 18.2 Å². The SMILES string of the molecule is CC1CCC(NC(=O)c2ccc([N+](=O)[O-])c(N)c2)C1. The average Bonchev–Trinajstić information content (AvgIpc) is 2.74. The lowest BCUT2D eigenvalue weighted by Crippen LogP contribution is -2.32. The molecule has 1 aliphatic carbocycles. The summed E-state index contributed by atoms with van der Waals surface area (Å²) in [4.78, 5) is 22.1. The molecule has 1 aromatic rings. The van der Waals surface area contributed by atoms with Gasteiger partial charge in [0.2, 0.25) is 0 Å². The summed E-state index contributed by atoms with van der Waals surface area (Å²) in [5, 5.41) is 13.6. The van der Waals surface area contributed by atoms with Crippen LogP contribution < -0.4 is 11.1 Å². The zero-order valence-electron chi connectivity index (χ0n) is 10.8. The van der Waals surface area contributed by atoms with Gasteiger partial charge in [-0.1, -0.05) is 6.92 Å². The van der Waals surface area contributed by atoms with E-state index >= 15 is 0 Å². The Kier molecular flexibility index (Phi) is 3.69. The summed E-state index contributed by atoms with van der Waals surface area (Å²) in [5.41, 5.74) is 5.77. The number of rotatable bonds is 3. The van der Waals surface area contributed by atoms with Crippen molar-refractivity contribution in [3.63, 3.8) is 0 Å². The van der Waals surface area contributed by atoms with Crippen LogP contribution >= 0.6 is 0 Å². The van der Waals surface area contributed by atoms with Gasteiger partial charge in [0.1, 0.15) is 5.69 Å². The lowest BCUT2D eigenvalue weighted by atomic mass is 10.1. The Bertz CT molecular complexity index is 516. The van der Waals surface area contributed by atoms with E-state index in [0.717, 1.165) is 19.3 Å². The minimum absolute atomic E-state index is 0.0115. The van der Waals surface area contributed by atoms with E-state index in [1.54, 1.807) is 0 Å². The van der Waals surface area contributed by atoms with Crippen LogP contribution in [0.5, 0.6) is 0 Å². The lowest BCUT2D eigenvalue weighted by molar-refractivity contribution is -0.383. The Hall–Kier alpha value is -2.11. The first-order chi connectivity index (χ1) is 8.97. The fourth-order valence-electron chi connectivity index (χ4n) is 2.47. The van der Waals surface area contributed by atoms with Crippen LogP contribution in [0.2, 0.25) is 0 Å². The molecule has 6 heteroatoms. The molecule has 102 valence electrons. The van der Waals surface area contributed by atoms with Crippen molar-refractivity contribution >= 4 is 17.3 Å². The summed E-state index contributed by atoms with van der Waals surface area (Å²) in [5.74, 6) is 0.410. The summed E-state index contributed by atoms with van der Waals surface area (Å²) in [7, 11) is 0. The standard InChI is InChI=1S/C13H17N3O3/c1-8-2-4-10(6-8)15-13(17)9-3-5-12(16(18)19)11(14)7-9/h3,5,7-8,10H,2,4,6,14H2,1H3,(H,15,17). The average molecular weight is 263 g/mol. The molecular formula is C13H17N3O3. The normalized spacial score (nSPS) is 22.2. The topological polar surface area (TPSA) is 98.3 Å². The Morgan fingerprint density at radius 2 is 2.21 bits per heavy atom. The van der Waals surface area contributed by atoms with E-state index in [2.05, 4.69) is 12.2 Å². The first-order valence-corrected chi connectivity index (χ1v) is 6.32. The van der Waals surface area contributed by atoms with Crippen molar-refractivity contribution in [3.05, 3.63) is 33.9 Å².